The molecule has 158 valence electrons. The van der Waals surface area contributed by atoms with Gasteiger partial charge in [0, 0.05) is 55.0 Å². The van der Waals surface area contributed by atoms with Crippen LogP contribution in [0.15, 0.2) is 17.8 Å². The van der Waals surface area contributed by atoms with Crippen molar-refractivity contribution in [1.29, 1.82) is 0 Å². The predicted molar refractivity (Wildman–Crippen MR) is 106 cm³/mol. The quantitative estimate of drug-likeness (QED) is 0.727. The zero-order valence-corrected chi connectivity index (χ0v) is 17.6. The van der Waals surface area contributed by atoms with Gasteiger partial charge in [-0.25, -0.2) is 0 Å². The largest absolute Gasteiger partial charge is 0.413 e. The fourth-order valence-corrected chi connectivity index (χ4v) is 4.17. The van der Waals surface area contributed by atoms with E-state index in [4.69, 9.17) is 4.74 Å². The molecule has 0 amide bonds. The molecular formula is C22H27F3N2O2. The molecule has 0 bridgehead atoms. The highest BCUT2D eigenvalue weighted by molar-refractivity contribution is 5.62. The van der Waals surface area contributed by atoms with Crippen LogP contribution in [0, 0.1) is 19.8 Å². The summed E-state index contributed by atoms with van der Waals surface area (Å²) < 4.78 is 47.3. The van der Waals surface area contributed by atoms with Gasteiger partial charge in [-0.2, -0.15) is 13.2 Å². The number of hydrogen-bond donors (Lipinski definition) is 1. The molecule has 3 rings (SSSR count). The minimum absolute atomic E-state index is 0.228. The van der Waals surface area contributed by atoms with Crippen LogP contribution < -0.4 is 0 Å². The van der Waals surface area contributed by atoms with E-state index in [1.807, 2.05) is 31.4 Å². The van der Waals surface area contributed by atoms with Crippen molar-refractivity contribution >= 4 is 6.08 Å². The number of methoxy groups -OCH3 is 1. The SMILES string of the molecule is COC(O)c1cnc(C)c(Cc2cc3c(n2C)C=C(C(F)(F)F)C(C)C3C)c1C. The number of aliphatic hydroxyl groups excluding tert-OH is 1. The summed E-state index contributed by atoms with van der Waals surface area (Å²) in [7, 11) is 3.22. The summed E-state index contributed by atoms with van der Waals surface area (Å²) in [5, 5.41) is 10.1. The predicted octanol–water partition coefficient (Wildman–Crippen LogP) is 4.96. The molecule has 1 aliphatic carbocycles. The van der Waals surface area contributed by atoms with Crippen molar-refractivity contribution in [3.8, 4) is 0 Å². The van der Waals surface area contributed by atoms with Crippen molar-refractivity contribution in [2.75, 3.05) is 7.11 Å². The second-order valence-corrected chi connectivity index (χ2v) is 7.88. The van der Waals surface area contributed by atoms with Gasteiger partial charge in [-0.3, -0.25) is 4.98 Å². The number of ether oxygens (including phenoxy) is 1. The van der Waals surface area contributed by atoms with E-state index in [1.54, 1.807) is 20.2 Å². The van der Waals surface area contributed by atoms with Gasteiger partial charge in [0.15, 0.2) is 6.29 Å². The van der Waals surface area contributed by atoms with Gasteiger partial charge in [-0.15, -0.1) is 0 Å². The third-order valence-electron chi connectivity index (χ3n) is 6.33. The maximum atomic E-state index is 13.5. The first-order valence-electron chi connectivity index (χ1n) is 9.60. The maximum Gasteiger partial charge on any atom is 0.413 e. The lowest BCUT2D eigenvalue weighted by atomic mass is 9.79. The lowest BCUT2D eigenvalue weighted by Crippen LogP contribution is -2.25. The molecule has 29 heavy (non-hydrogen) atoms. The van der Waals surface area contributed by atoms with E-state index in [0.717, 1.165) is 28.1 Å². The third kappa shape index (κ3) is 3.73. The van der Waals surface area contributed by atoms with Crippen LogP contribution in [0.25, 0.3) is 6.08 Å². The van der Waals surface area contributed by atoms with E-state index in [2.05, 4.69) is 4.98 Å². The van der Waals surface area contributed by atoms with Crippen molar-refractivity contribution in [3.63, 3.8) is 0 Å². The lowest BCUT2D eigenvalue weighted by Gasteiger charge is -2.29. The van der Waals surface area contributed by atoms with Crippen LogP contribution >= 0.6 is 0 Å². The first-order chi connectivity index (χ1) is 13.5. The number of fused-ring (bicyclic) bond motifs is 1. The van der Waals surface area contributed by atoms with Crippen LogP contribution in [0.1, 0.15) is 65.4 Å². The van der Waals surface area contributed by atoms with Gasteiger partial charge in [-0.05, 0) is 54.5 Å². The van der Waals surface area contributed by atoms with Crippen molar-refractivity contribution in [1.82, 2.24) is 9.55 Å². The van der Waals surface area contributed by atoms with Crippen LogP contribution in [-0.2, 0) is 18.2 Å². The molecule has 0 saturated heterocycles. The van der Waals surface area contributed by atoms with E-state index in [9.17, 15) is 18.3 Å². The van der Waals surface area contributed by atoms with E-state index >= 15 is 0 Å². The molecule has 2 aromatic heterocycles. The number of pyridine rings is 1. The van der Waals surface area contributed by atoms with Crippen LogP contribution in [0.2, 0.25) is 0 Å². The second kappa shape index (κ2) is 7.61. The minimum atomic E-state index is -4.34. The Hall–Kier alpha value is -2.12. The van der Waals surface area contributed by atoms with Crippen molar-refractivity contribution in [2.45, 2.75) is 52.5 Å². The number of aryl methyl sites for hydroxylation is 1. The Bertz CT molecular complexity index is 960. The third-order valence-corrected chi connectivity index (χ3v) is 6.33. The van der Waals surface area contributed by atoms with Gasteiger partial charge in [0.2, 0.25) is 0 Å². The van der Waals surface area contributed by atoms with Gasteiger partial charge < -0.3 is 14.4 Å². The Morgan fingerprint density at radius 3 is 2.48 bits per heavy atom. The Morgan fingerprint density at radius 2 is 1.90 bits per heavy atom. The molecule has 7 heteroatoms. The zero-order chi connectivity index (χ0) is 21.7. The molecule has 4 nitrogen and oxygen atoms in total. The van der Waals surface area contributed by atoms with E-state index < -0.39 is 24.0 Å². The van der Waals surface area contributed by atoms with Gasteiger partial charge >= 0.3 is 6.18 Å². The van der Waals surface area contributed by atoms with E-state index in [0.29, 0.717) is 17.7 Å². The number of allylic oxidation sites excluding steroid dienone is 1. The Kier molecular flexibility index (Phi) is 5.66. The van der Waals surface area contributed by atoms with Gasteiger partial charge in [0.1, 0.15) is 0 Å². The molecule has 1 N–H and O–H groups in total. The number of rotatable bonds is 4. The molecule has 2 aromatic rings. The standard InChI is InChI=1S/C22H27F3N2O2/c1-11-12(2)19(22(23,24)25)9-20-17(11)8-15(27(20)5)7-16-13(3)18(21(28)29-6)10-26-14(16)4/h8-12,21,28H,7H2,1-6H3. The highest BCUT2D eigenvalue weighted by Crippen LogP contribution is 2.45. The highest BCUT2D eigenvalue weighted by atomic mass is 19.4. The molecule has 0 radical (unpaired) electrons. The first kappa shape index (κ1) is 21.6. The Morgan fingerprint density at radius 1 is 1.24 bits per heavy atom. The number of hydrogen-bond acceptors (Lipinski definition) is 3. The Labute approximate surface area is 169 Å². The van der Waals surface area contributed by atoms with Crippen LogP contribution in [-0.4, -0.2) is 27.9 Å². The summed E-state index contributed by atoms with van der Waals surface area (Å²) in [6.45, 7) is 7.27. The van der Waals surface area contributed by atoms with Crippen molar-refractivity contribution < 1.29 is 23.0 Å². The molecule has 0 aromatic carbocycles. The molecule has 3 unspecified atom stereocenters. The van der Waals surface area contributed by atoms with Crippen molar-refractivity contribution in [3.05, 3.63) is 57.2 Å². The number of halogens is 3. The fourth-order valence-electron chi connectivity index (χ4n) is 4.17. The lowest BCUT2D eigenvalue weighted by molar-refractivity contribution is -0.0984. The molecule has 0 aliphatic heterocycles. The summed E-state index contributed by atoms with van der Waals surface area (Å²) in [6, 6.07) is 2.00. The van der Waals surface area contributed by atoms with Crippen LogP contribution in [0.5, 0.6) is 0 Å². The summed E-state index contributed by atoms with van der Waals surface area (Å²) in [6.07, 6.45) is -2.01. The van der Waals surface area contributed by atoms with Crippen molar-refractivity contribution in [2.24, 2.45) is 13.0 Å². The number of aromatic nitrogens is 2. The molecule has 2 heterocycles. The molecule has 0 saturated carbocycles. The van der Waals surface area contributed by atoms with Gasteiger partial charge in [0.25, 0.3) is 0 Å². The number of nitrogens with zero attached hydrogens (tertiary/aromatic N) is 2. The summed E-state index contributed by atoms with van der Waals surface area (Å²) >= 11 is 0. The fraction of sp³-hybridized carbons (Fsp3) is 0.500. The number of alkyl halides is 3. The average molecular weight is 408 g/mol. The maximum absolute atomic E-state index is 13.5. The molecule has 1 aliphatic rings. The number of aliphatic hydroxyl groups is 1. The van der Waals surface area contributed by atoms with E-state index in [-0.39, 0.29) is 5.92 Å². The zero-order valence-electron chi connectivity index (χ0n) is 17.6. The monoisotopic (exact) mass is 408 g/mol. The second-order valence-electron chi connectivity index (χ2n) is 7.88. The highest BCUT2D eigenvalue weighted by Gasteiger charge is 2.42. The normalized spacial score (nSPS) is 20.4. The van der Waals surface area contributed by atoms with E-state index in [1.165, 1.54) is 13.2 Å². The summed E-state index contributed by atoms with van der Waals surface area (Å²) in [5.41, 5.74) is 5.19. The Balaban J connectivity index is 2.07. The van der Waals surface area contributed by atoms with Crippen LogP contribution in [0.3, 0.4) is 0 Å². The summed E-state index contributed by atoms with van der Waals surface area (Å²) in [5.74, 6) is -0.823. The summed E-state index contributed by atoms with van der Waals surface area (Å²) in [4.78, 5) is 4.38. The topological polar surface area (TPSA) is 47.3 Å². The molecular weight excluding hydrogens is 381 g/mol. The smallest absolute Gasteiger partial charge is 0.364 e. The average Bonchev–Trinajstić information content (AvgIpc) is 2.96. The first-order valence-corrected chi connectivity index (χ1v) is 9.60. The molecule has 3 atom stereocenters. The van der Waals surface area contributed by atoms with Gasteiger partial charge in [0.05, 0.1) is 0 Å². The van der Waals surface area contributed by atoms with Gasteiger partial charge in [-0.1, -0.05) is 13.8 Å². The molecule has 0 spiro atoms. The van der Waals surface area contributed by atoms with Crippen LogP contribution in [0.4, 0.5) is 13.2 Å². The molecule has 0 fully saturated rings. The minimum Gasteiger partial charge on any atom is -0.364 e.